The lowest BCUT2D eigenvalue weighted by atomic mass is 9.92. The monoisotopic (exact) mass is 633 g/mol. The van der Waals surface area contributed by atoms with Gasteiger partial charge in [-0.2, -0.15) is 8.78 Å². The first kappa shape index (κ1) is 31.9. The summed E-state index contributed by atoms with van der Waals surface area (Å²) in [6.45, 7) is 1.80. The van der Waals surface area contributed by atoms with E-state index in [4.69, 9.17) is 4.74 Å². The molecule has 2 saturated heterocycles. The summed E-state index contributed by atoms with van der Waals surface area (Å²) in [5.41, 5.74) is -0.544. The first-order valence-corrected chi connectivity index (χ1v) is 14.2. The Morgan fingerprint density at radius 3 is 2.13 bits per heavy atom. The van der Waals surface area contributed by atoms with Gasteiger partial charge >= 0.3 is 6.61 Å². The van der Waals surface area contributed by atoms with Crippen molar-refractivity contribution in [1.29, 1.82) is 0 Å². The molecular weight excluding hydrogens is 601 g/mol. The van der Waals surface area contributed by atoms with Crippen molar-refractivity contribution in [1.82, 2.24) is 15.2 Å². The van der Waals surface area contributed by atoms with Gasteiger partial charge in [0, 0.05) is 60.9 Å². The number of anilines is 2. The zero-order valence-electron chi connectivity index (χ0n) is 24.9. The minimum atomic E-state index is -3.07. The van der Waals surface area contributed by atoms with E-state index >= 15 is 13.2 Å². The average Bonchev–Trinajstić information content (AvgIpc) is 3.30. The number of rotatable bonds is 8. The Hall–Kier alpha value is -4.46. The number of halogens is 5. The first-order chi connectivity index (χ1) is 21.4. The molecule has 0 saturated carbocycles. The lowest BCUT2D eigenvalue weighted by Crippen LogP contribution is -2.55. The number of nitrogens with zero attached hydrogens (tertiary/aromatic N) is 4. The van der Waals surface area contributed by atoms with Crippen molar-refractivity contribution in [2.75, 3.05) is 43.6 Å². The second-order valence-corrected chi connectivity index (χ2v) is 11.2. The molecule has 0 unspecified atom stereocenters. The fraction of sp³-hybridized carbons (Fsp3) is 0.387. The van der Waals surface area contributed by atoms with Gasteiger partial charge in [-0.3, -0.25) is 19.4 Å². The lowest BCUT2D eigenvalue weighted by Gasteiger charge is -2.43. The van der Waals surface area contributed by atoms with Crippen LogP contribution in [-0.2, 0) is 4.79 Å². The molecule has 2 amide bonds. The van der Waals surface area contributed by atoms with Crippen LogP contribution < -0.4 is 24.6 Å². The number of ether oxygens (including phenoxy) is 2. The van der Waals surface area contributed by atoms with Crippen molar-refractivity contribution < 1.29 is 41.0 Å². The number of carbonyl (C=O) groups excluding carboxylic acids is 2. The molecule has 0 bridgehead atoms. The number of methoxy groups -OCH3 is 1. The van der Waals surface area contributed by atoms with Gasteiger partial charge in [0.25, 0.3) is 11.8 Å². The molecule has 45 heavy (non-hydrogen) atoms. The number of carbonyl (C=O) groups is 2. The summed E-state index contributed by atoms with van der Waals surface area (Å²) >= 11 is 0. The molecular formula is C31H32F5N5O4. The minimum Gasteiger partial charge on any atom is -0.497 e. The van der Waals surface area contributed by atoms with Crippen molar-refractivity contribution in [2.45, 2.75) is 44.5 Å². The number of hydrogen-bond donors (Lipinski definition) is 1. The van der Waals surface area contributed by atoms with Crippen molar-refractivity contribution >= 4 is 23.5 Å². The number of nitrogens with one attached hydrogen (secondary N) is 1. The molecule has 1 aromatic heterocycles. The van der Waals surface area contributed by atoms with Gasteiger partial charge in [-0.05, 0) is 57.3 Å². The van der Waals surface area contributed by atoms with Gasteiger partial charge in [-0.25, -0.2) is 18.2 Å². The van der Waals surface area contributed by atoms with Gasteiger partial charge in [0.1, 0.15) is 35.0 Å². The predicted molar refractivity (Wildman–Crippen MR) is 155 cm³/mol. The van der Waals surface area contributed by atoms with Crippen LogP contribution in [0.1, 0.15) is 35.7 Å². The summed E-state index contributed by atoms with van der Waals surface area (Å²) in [7, 11) is 3.25. The van der Waals surface area contributed by atoms with Crippen LogP contribution in [0.25, 0.3) is 0 Å². The van der Waals surface area contributed by atoms with Crippen molar-refractivity contribution in [2.24, 2.45) is 0 Å². The third kappa shape index (κ3) is 6.51. The number of piperazine rings is 1. The molecule has 2 fully saturated rings. The molecule has 0 spiro atoms. The second kappa shape index (κ2) is 12.9. The van der Waals surface area contributed by atoms with Crippen LogP contribution in [0.2, 0.25) is 0 Å². The largest absolute Gasteiger partial charge is 0.497 e. The van der Waals surface area contributed by atoms with E-state index in [0.29, 0.717) is 18.9 Å². The molecule has 2 aromatic carbocycles. The van der Waals surface area contributed by atoms with Gasteiger partial charge in [-0.15, -0.1) is 0 Å². The van der Waals surface area contributed by atoms with Gasteiger partial charge in [0.2, 0.25) is 0 Å². The third-order valence-electron chi connectivity index (χ3n) is 8.35. The first-order valence-electron chi connectivity index (χ1n) is 14.2. The molecule has 240 valence electrons. The fourth-order valence-corrected chi connectivity index (χ4v) is 5.77. The molecule has 3 aromatic rings. The average molecular weight is 634 g/mol. The number of aromatic nitrogens is 1. The number of hydrogen-bond acceptors (Lipinski definition) is 7. The van der Waals surface area contributed by atoms with Crippen LogP contribution in [0.4, 0.5) is 33.6 Å². The zero-order valence-corrected chi connectivity index (χ0v) is 24.9. The minimum absolute atomic E-state index is 0.0399. The zero-order chi connectivity index (χ0) is 32.6. The van der Waals surface area contributed by atoms with E-state index in [0.717, 1.165) is 29.2 Å². The van der Waals surface area contributed by atoms with Gasteiger partial charge < -0.3 is 19.7 Å². The predicted octanol–water partition coefficient (Wildman–Crippen LogP) is 4.57. The fourth-order valence-electron chi connectivity index (χ4n) is 5.77. The molecule has 0 aliphatic carbocycles. The lowest BCUT2D eigenvalue weighted by molar-refractivity contribution is -0.118. The molecule has 14 heteroatoms. The molecule has 5 rings (SSSR count). The van der Waals surface area contributed by atoms with Crippen LogP contribution in [0.15, 0.2) is 48.5 Å². The number of alkyl halides is 2. The Balaban J connectivity index is 1.49. The van der Waals surface area contributed by atoms with E-state index in [9.17, 15) is 18.4 Å². The molecule has 0 radical (unpaired) electrons. The highest BCUT2D eigenvalue weighted by Gasteiger charge is 2.46. The maximum absolute atomic E-state index is 15.3. The molecule has 9 nitrogen and oxygen atoms in total. The smallest absolute Gasteiger partial charge is 0.387 e. The standard InChI is InChI=1S/C31H32F5N5O4/c1-16-13-40(14-17(2)39(16)3)25-10-9-22(32)28(37-25)41-15-21(26-23(33)11-20(44-4)12-24(26)34)27(30(41)43)38-29(42)18-5-7-19(8-6-18)45-31(35)36/h5-12,16-17,21,27,31H,13-15H2,1-4H3,(H,38,42)/t16-,17+,21-,27-/m0/s1. The Bertz CT molecular complexity index is 1540. The van der Waals surface area contributed by atoms with Crippen molar-refractivity contribution in [3.05, 3.63) is 77.1 Å². The summed E-state index contributed by atoms with van der Waals surface area (Å²) in [6, 6.07) is 8.01. The molecule has 2 aliphatic heterocycles. The van der Waals surface area contributed by atoms with Crippen LogP contribution in [0, 0.1) is 17.5 Å². The van der Waals surface area contributed by atoms with Gasteiger partial charge in [0.05, 0.1) is 7.11 Å². The maximum atomic E-state index is 15.3. The SMILES string of the molecule is COc1cc(F)c([C@@H]2CN(c3nc(N4C[C@@H](C)N(C)[C@@H](C)C4)ccc3F)C(=O)[C@H]2NC(=O)c2ccc(OC(F)F)cc2)c(F)c1. The van der Waals surface area contributed by atoms with Crippen LogP contribution in [0.5, 0.6) is 11.5 Å². The van der Waals surface area contributed by atoms with E-state index in [2.05, 4.69) is 19.9 Å². The summed E-state index contributed by atoms with van der Waals surface area (Å²) in [6.07, 6.45) is 0. The molecule has 2 aliphatic rings. The Morgan fingerprint density at radius 1 is 0.933 bits per heavy atom. The molecule has 4 atom stereocenters. The van der Waals surface area contributed by atoms with E-state index in [1.54, 1.807) is 0 Å². The van der Waals surface area contributed by atoms with E-state index in [-0.39, 0.29) is 35.0 Å². The maximum Gasteiger partial charge on any atom is 0.387 e. The number of amides is 2. The Morgan fingerprint density at radius 2 is 1.56 bits per heavy atom. The Kier molecular flexibility index (Phi) is 9.14. The van der Waals surface area contributed by atoms with Crippen molar-refractivity contribution in [3.63, 3.8) is 0 Å². The van der Waals surface area contributed by atoms with E-state index in [1.165, 1.54) is 31.4 Å². The van der Waals surface area contributed by atoms with Crippen LogP contribution in [0.3, 0.4) is 0 Å². The highest BCUT2D eigenvalue weighted by Crippen LogP contribution is 2.37. The summed E-state index contributed by atoms with van der Waals surface area (Å²) in [4.78, 5) is 36.7. The molecule has 3 heterocycles. The molecule has 1 N–H and O–H groups in total. The van der Waals surface area contributed by atoms with Gasteiger partial charge in [0.15, 0.2) is 11.6 Å². The number of benzene rings is 2. The van der Waals surface area contributed by atoms with Crippen molar-refractivity contribution in [3.8, 4) is 11.5 Å². The quantitative estimate of drug-likeness (QED) is 0.364. The summed E-state index contributed by atoms with van der Waals surface area (Å²) < 4.78 is 80.4. The number of pyridine rings is 1. The van der Waals surface area contributed by atoms with Crippen LogP contribution >= 0.6 is 0 Å². The number of likely N-dealkylation sites (N-methyl/N-ethyl adjacent to an activating group) is 1. The summed E-state index contributed by atoms with van der Waals surface area (Å²) in [5.74, 6) is -6.09. The normalized spacial score (nSPS) is 22.2. The van der Waals surface area contributed by atoms with E-state index < -0.39 is 59.9 Å². The van der Waals surface area contributed by atoms with E-state index in [1.807, 2.05) is 25.8 Å². The second-order valence-electron chi connectivity index (χ2n) is 11.2. The topological polar surface area (TPSA) is 87.2 Å². The third-order valence-corrected chi connectivity index (χ3v) is 8.35. The van der Waals surface area contributed by atoms with Gasteiger partial charge in [-0.1, -0.05) is 0 Å². The Labute approximate surface area is 256 Å². The van der Waals surface area contributed by atoms with Crippen LogP contribution in [-0.4, -0.2) is 80.2 Å². The highest BCUT2D eigenvalue weighted by atomic mass is 19.3. The highest BCUT2D eigenvalue weighted by molar-refractivity contribution is 6.04. The summed E-state index contributed by atoms with van der Waals surface area (Å²) in [5, 5.41) is 2.50.